The molecule has 0 radical (unpaired) electrons. The highest BCUT2D eigenvalue weighted by molar-refractivity contribution is 7.81. The van der Waals surface area contributed by atoms with Crippen molar-refractivity contribution < 1.29 is 32.9 Å². The Labute approximate surface area is 191 Å². The average Bonchev–Trinajstić information content (AvgIpc) is 2.79. The minimum Gasteiger partial charge on any atom is -0.502 e. The number of benzene rings is 2. The number of nitro benzene ring substituents is 1. The zero-order chi connectivity index (χ0) is 24.2. The number of anilines is 1. The Morgan fingerprint density at radius 1 is 1.12 bits per heavy atom. The number of halogens is 3. The van der Waals surface area contributed by atoms with Crippen LogP contribution in [0, 0.1) is 10.1 Å². The van der Waals surface area contributed by atoms with E-state index >= 15 is 0 Å². The Morgan fingerprint density at radius 2 is 1.85 bits per heavy atom. The van der Waals surface area contributed by atoms with E-state index in [2.05, 4.69) is 5.32 Å². The summed E-state index contributed by atoms with van der Waals surface area (Å²) in [6.07, 6.45) is -1.60. The van der Waals surface area contributed by atoms with Crippen molar-refractivity contribution in [3.05, 3.63) is 99.9 Å². The van der Waals surface area contributed by atoms with Gasteiger partial charge in [-0.1, -0.05) is 30.4 Å². The third-order valence-electron chi connectivity index (χ3n) is 4.52. The van der Waals surface area contributed by atoms with Crippen LogP contribution in [0.1, 0.15) is 16.7 Å². The molecule has 7 nitrogen and oxygen atoms in total. The number of aromatic nitrogens is 1. The largest absolute Gasteiger partial charge is 0.502 e. The Bertz CT molecular complexity index is 1250. The topological polar surface area (TPSA) is 99.5 Å². The number of nitrogens with one attached hydrogen (secondary N) is 1. The monoisotopic (exact) mass is 476 g/mol. The molecule has 0 aliphatic carbocycles. The van der Waals surface area contributed by atoms with Gasteiger partial charge in [0.1, 0.15) is 0 Å². The minimum absolute atomic E-state index is 0.0260. The molecule has 33 heavy (non-hydrogen) atoms. The van der Waals surface area contributed by atoms with E-state index in [0.29, 0.717) is 5.56 Å². The van der Waals surface area contributed by atoms with Gasteiger partial charge in [-0.05, 0) is 24.3 Å². The predicted molar refractivity (Wildman–Crippen MR) is 119 cm³/mol. The SMILES string of the molecule is O=[N+]([O-])c1cccc(/C(O)=C(/C(=S)Nc2cccc(C(F)(F)F)c2)[n+]2cccc(CO)c2)c1. The molecule has 2 aromatic carbocycles. The molecule has 0 aliphatic rings. The standard InChI is InChI=1S/C22H16F3N3O4S/c23-22(24,25)16-6-2-7-17(11-16)26-21(33)19(27-9-3-4-14(12-27)13-29)20(30)15-5-1-8-18(10-15)28(31)32/h1-12,29H,13H2,(H-,26,30,33)/p+1. The lowest BCUT2D eigenvalue weighted by Gasteiger charge is -2.12. The van der Waals surface area contributed by atoms with Gasteiger partial charge in [-0.25, -0.2) is 0 Å². The summed E-state index contributed by atoms with van der Waals surface area (Å²) >= 11 is 5.39. The fraction of sp³-hybridized carbons (Fsp3) is 0.0909. The number of nitrogens with zero attached hydrogens (tertiary/aromatic N) is 2. The number of non-ortho nitro benzene ring substituents is 1. The van der Waals surface area contributed by atoms with Crippen LogP contribution >= 0.6 is 12.2 Å². The molecular weight excluding hydrogens is 459 g/mol. The second-order valence-corrected chi connectivity index (χ2v) is 7.22. The summed E-state index contributed by atoms with van der Waals surface area (Å²) in [7, 11) is 0. The van der Waals surface area contributed by atoms with Gasteiger partial charge in [-0.15, -0.1) is 0 Å². The molecule has 0 unspecified atom stereocenters. The molecular formula is C22H17F3N3O4S+. The molecule has 170 valence electrons. The Balaban J connectivity index is 2.11. The third kappa shape index (κ3) is 5.70. The van der Waals surface area contributed by atoms with Crippen molar-refractivity contribution in [3.63, 3.8) is 0 Å². The number of aliphatic hydroxyl groups is 2. The molecule has 1 heterocycles. The van der Waals surface area contributed by atoms with E-state index in [1.54, 1.807) is 12.1 Å². The zero-order valence-electron chi connectivity index (χ0n) is 16.8. The molecule has 1 aromatic heterocycles. The Hall–Kier alpha value is -3.83. The Kier molecular flexibility index (Phi) is 7.04. The second kappa shape index (κ2) is 9.76. The van der Waals surface area contributed by atoms with E-state index < -0.39 is 22.4 Å². The van der Waals surface area contributed by atoms with Crippen molar-refractivity contribution in [1.82, 2.24) is 0 Å². The van der Waals surface area contributed by atoms with Crippen LogP contribution in [-0.4, -0.2) is 20.1 Å². The van der Waals surface area contributed by atoms with Crippen LogP contribution in [0.4, 0.5) is 24.5 Å². The van der Waals surface area contributed by atoms with Crippen LogP contribution in [-0.2, 0) is 12.8 Å². The molecule has 0 aliphatic heterocycles. The third-order valence-corrected chi connectivity index (χ3v) is 4.82. The molecule has 0 atom stereocenters. The first-order chi connectivity index (χ1) is 15.6. The fourth-order valence-electron chi connectivity index (χ4n) is 2.97. The van der Waals surface area contributed by atoms with Crippen molar-refractivity contribution in [2.24, 2.45) is 0 Å². The van der Waals surface area contributed by atoms with Crippen LogP contribution in [0.25, 0.3) is 11.5 Å². The van der Waals surface area contributed by atoms with Crippen LogP contribution in [0.2, 0.25) is 0 Å². The summed E-state index contributed by atoms with van der Waals surface area (Å²) in [6, 6.07) is 12.7. The highest BCUT2D eigenvalue weighted by atomic mass is 32.1. The van der Waals surface area contributed by atoms with E-state index in [0.717, 1.165) is 18.2 Å². The van der Waals surface area contributed by atoms with Gasteiger partial charge in [0.2, 0.25) is 0 Å². The highest BCUT2D eigenvalue weighted by Crippen LogP contribution is 2.31. The lowest BCUT2D eigenvalue weighted by atomic mass is 10.1. The molecule has 0 saturated carbocycles. The lowest BCUT2D eigenvalue weighted by Crippen LogP contribution is -2.39. The van der Waals surface area contributed by atoms with Crippen molar-refractivity contribution in [3.8, 4) is 0 Å². The number of pyridine rings is 1. The van der Waals surface area contributed by atoms with Gasteiger partial charge in [0.05, 0.1) is 17.1 Å². The maximum absolute atomic E-state index is 13.1. The van der Waals surface area contributed by atoms with E-state index in [9.17, 15) is 33.5 Å². The molecule has 3 N–H and O–H groups in total. The summed E-state index contributed by atoms with van der Waals surface area (Å²) in [5, 5.41) is 34.3. The maximum atomic E-state index is 13.1. The van der Waals surface area contributed by atoms with Gasteiger partial charge in [-0.3, -0.25) is 10.1 Å². The number of rotatable bonds is 6. The molecule has 3 rings (SSSR count). The summed E-state index contributed by atoms with van der Waals surface area (Å²) < 4.78 is 40.6. The number of hydrogen-bond acceptors (Lipinski definition) is 5. The quantitative estimate of drug-likeness (QED) is 0.119. The zero-order valence-corrected chi connectivity index (χ0v) is 17.6. The van der Waals surface area contributed by atoms with Crippen molar-refractivity contribution in [2.45, 2.75) is 12.8 Å². The van der Waals surface area contributed by atoms with E-state index in [1.807, 2.05) is 0 Å². The molecule has 3 aromatic rings. The smallest absolute Gasteiger partial charge is 0.416 e. The predicted octanol–water partition coefficient (Wildman–Crippen LogP) is 4.72. The minimum atomic E-state index is -4.56. The second-order valence-electron chi connectivity index (χ2n) is 6.81. The number of thiocarbonyl (C=S) groups is 1. The van der Waals surface area contributed by atoms with E-state index in [1.165, 1.54) is 47.3 Å². The van der Waals surface area contributed by atoms with Crippen LogP contribution in [0.3, 0.4) is 0 Å². The first-order valence-electron chi connectivity index (χ1n) is 9.38. The van der Waals surface area contributed by atoms with Crippen molar-refractivity contribution >= 4 is 40.0 Å². The summed E-state index contributed by atoms with van der Waals surface area (Å²) in [5.41, 5.74) is -0.669. The fourth-order valence-corrected chi connectivity index (χ4v) is 3.29. The van der Waals surface area contributed by atoms with Gasteiger partial charge < -0.3 is 15.5 Å². The molecule has 0 bridgehead atoms. The van der Waals surface area contributed by atoms with Crippen LogP contribution < -0.4 is 9.88 Å². The Morgan fingerprint density at radius 3 is 2.52 bits per heavy atom. The number of aliphatic hydroxyl groups excluding tert-OH is 2. The number of hydrogen-bond donors (Lipinski definition) is 3. The molecule has 0 spiro atoms. The number of alkyl halides is 3. The van der Waals surface area contributed by atoms with Crippen molar-refractivity contribution in [2.75, 3.05) is 5.32 Å². The molecule has 0 saturated heterocycles. The van der Waals surface area contributed by atoms with E-state index in [-0.39, 0.29) is 34.2 Å². The van der Waals surface area contributed by atoms with Gasteiger partial charge >= 0.3 is 6.18 Å². The molecule has 11 heteroatoms. The van der Waals surface area contributed by atoms with Gasteiger partial charge in [0.25, 0.3) is 11.4 Å². The first-order valence-corrected chi connectivity index (χ1v) is 9.79. The van der Waals surface area contributed by atoms with Crippen LogP contribution in [0.5, 0.6) is 0 Å². The molecule has 0 fully saturated rings. The number of nitro groups is 1. The summed E-state index contributed by atoms with van der Waals surface area (Å²) in [6.45, 7) is -0.320. The first kappa shape index (κ1) is 23.8. The maximum Gasteiger partial charge on any atom is 0.416 e. The summed E-state index contributed by atoms with van der Waals surface area (Å²) in [4.78, 5) is 10.3. The normalized spacial score (nSPS) is 12.1. The van der Waals surface area contributed by atoms with Crippen LogP contribution in [0.15, 0.2) is 73.1 Å². The van der Waals surface area contributed by atoms with Gasteiger partial charge in [-0.2, -0.15) is 17.7 Å². The highest BCUT2D eigenvalue weighted by Gasteiger charge is 2.31. The van der Waals surface area contributed by atoms with E-state index in [4.69, 9.17) is 12.2 Å². The molecule has 0 amide bonds. The lowest BCUT2D eigenvalue weighted by molar-refractivity contribution is -0.576. The van der Waals surface area contributed by atoms with Gasteiger partial charge in [0.15, 0.2) is 23.1 Å². The average molecular weight is 476 g/mol. The summed E-state index contributed by atoms with van der Waals surface area (Å²) in [5.74, 6) is -0.455. The van der Waals surface area contributed by atoms with Crippen molar-refractivity contribution in [1.29, 1.82) is 0 Å². The van der Waals surface area contributed by atoms with Gasteiger partial charge in [0, 0.05) is 35.0 Å².